The third-order valence-corrected chi connectivity index (χ3v) is 2.41. The fourth-order valence-electron chi connectivity index (χ4n) is 0.957. The van der Waals surface area contributed by atoms with Crippen LogP contribution in [0.15, 0.2) is 18.0 Å². The van der Waals surface area contributed by atoms with Gasteiger partial charge in [-0.15, -0.1) is 17.9 Å². The predicted octanol–water partition coefficient (Wildman–Crippen LogP) is 2.45. The average Bonchev–Trinajstić information content (AvgIpc) is 2.47. The molecule has 1 N–H and O–H groups in total. The van der Waals surface area contributed by atoms with E-state index in [0.717, 1.165) is 17.1 Å². The van der Waals surface area contributed by atoms with E-state index in [4.69, 9.17) is 0 Å². The van der Waals surface area contributed by atoms with Crippen LogP contribution >= 0.6 is 11.3 Å². The molecule has 0 spiro atoms. The molecule has 0 aliphatic rings. The number of hydrogen-bond donors (Lipinski definition) is 1. The van der Waals surface area contributed by atoms with Crippen LogP contribution in [0.3, 0.4) is 0 Å². The summed E-state index contributed by atoms with van der Waals surface area (Å²) in [6, 6.07) is 0. The van der Waals surface area contributed by atoms with Gasteiger partial charge in [0.25, 0.3) is 0 Å². The molecule has 0 saturated carbocycles. The molecule has 1 aromatic rings. The summed E-state index contributed by atoms with van der Waals surface area (Å²) >= 11 is 1.57. The second kappa shape index (κ2) is 4.38. The second-order valence-corrected chi connectivity index (χ2v) is 3.74. The van der Waals surface area contributed by atoms with E-state index in [1.807, 2.05) is 18.4 Å². The van der Waals surface area contributed by atoms with Crippen molar-refractivity contribution in [1.82, 2.24) is 4.98 Å². The first-order chi connectivity index (χ1) is 5.74. The van der Waals surface area contributed by atoms with Gasteiger partial charge in [0, 0.05) is 5.38 Å². The van der Waals surface area contributed by atoms with Gasteiger partial charge in [-0.3, -0.25) is 0 Å². The van der Waals surface area contributed by atoms with Crippen LogP contribution < -0.4 is 0 Å². The Labute approximate surface area is 76.6 Å². The standard InChI is InChI=1S/C9H13NOS/c1-3-4-5-9(11)8-6-12-7(2)10-8/h3,6,9,11H,1,4-5H2,2H3. The number of thiazole rings is 1. The van der Waals surface area contributed by atoms with E-state index in [0.29, 0.717) is 6.42 Å². The molecule has 1 unspecified atom stereocenters. The third-order valence-electron chi connectivity index (χ3n) is 1.62. The fourth-order valence-corrected chi connectivity index (χ4v) is 1.62. The lowest BCUT2D eigenvalue weighted by atomic mass is 10.1. The van der Waals surface area contributed by atoms with Crippen molar-refractivity contribution in [3.63, 3.8) is 0 Å². The van der Waals surface area contributed by atoms with Crippen LogP contribution in [-0.2, 0) is 0 Å². The largest absolute Gasteiger partial charge is 0.387 e. The average molecular weight is 183 g/mol. The number of aromatic nitrogens is 1. The molecule has 0 radical (unpaired) electrons. The minimum absolute atomic E-state index is 0.423. The maximum atomic E-state index is 9.56. The van der Waals surface area contributed by atoms with Gasteiger partial charge in [-0.1, -0.05) is 6.08 Å². The van der Waals surface area contributed by atoms with Gasteiger partial charge in [0.1, 0.15) is 0 Å². The molecule has 1 rings (SSSR count). The van der Waals surface area contributed by atoms with Gasteiger partial charge < -0.3 is 5.11 Å². The Morgan fingerprint density at radius 2 is 2.58 bits per heavy atom. The summed E-state index contributed by atoms with van der Waals surface area (Å²) in [5.74, 6) is 0. The third kappa shape index (κ3) is 2.43. The van der Waals surface area contributed by atoms with Crippen LogP contribution in [0.1, 0.15) is 29.6 Å². The summed E-state index contributed by atoms with van der Waals surface area (Å²) in [5, 5.41) is 12.5. The Morgan fingerprint density at radius 1 is 1.83 bits per heavy atom. The zero-order valence-electron chi connectivity index (χ0n) is 7.16. The minimum Gasteiger partial charge on any atom is -0.387 e. The number of nitrogens with zero attached hydrogens (tertiary/aromatic N) is 1. The zero-order valence-corrected chi connectivity index (χ0v) is 7.97. The van der Waals surface area contributed by atoms with E-state index >= 15 is 0 Å². The maximum Gasteiger partial charge on any atom is 0.0971 e. The van der Waals surface area contributed by atoms with Crippen molar-refractivity contribution in [2.24, 2.45) is 0 Å². The predicted molar refractivity (Wildman–Crippen MR) is 51.2 cm³/mol. The first-order valence-electron chi connectivity index (χ1n) is 3.95. The Balaban J connectivity index is 2.52. The van der Waals surface area contributed by atoms with E-state index in [9.17, 15) is 5.11 Å². The van der Waals surface area contributed by atoms with E-state index in [1.54, 1.807) is 11.3 Å². The molecule has 1 heterocycles. The van der Waals surface area contributed by atoms with Crippen molar-refractivity contribution in [3.05, 3.63) is 28.7 Å². The molecule has 0 aromatic carbocycles. The number of rotatable bonds is 4. The molecule has 12 heavy (non-hydrogen) atoms. The van der Waals surface area contributed by atoms with Crippen molar-refractivity contribution in [3.8, 4) is 0 Å². The van der Waals surface area contributed by atoms with Gasteiger partial charge in [-0.25, -0.2) is 4.98 Å². The zero-order chi connectivity index (χ0) is 8.97. The highest BCUT2D eigenvalue weighted by Gasteiger charge is 2.08. The number of allylic oxidation sites excluding steroid dienone is 1. The second-order valence-electron chi connectivity index (χ2n) is 2.67. The lowest BCUT2D eigenvalue weighted by Gasteiger charge is -2.04. The summed E-state index contributed by atoms with van der Waals surface area (Å²) in [6.45, 7) is 5.54. The van der Waals surface area contributed by atoms with Gasteiger partial charge in [0.15, 0.2) is 0 Å². The molecule has 66 valence electrons. The Morgan fingerprint density at radius 3 is 3.08 bits per heavy atom. The van der Waals surface area contributed by atoms with E-state index in [2.05, 4.69) is 11.6 Å². The van der Waals surface area contributed by atoms with Gasteiger partial charge in [0.05, 0.1) is 16.8 Å². The summed E-state index contributed by atoms with van der Waals surface area (Å²) in [6.07, 6.45) is 2.93. The monoisotopic (exact) mass is 183 g/mol. The van der Waals surface area contributed by atoms with E-state index < -0.39 is 6.10 Å². The Bertz CT molecular complexity index is 257. The van der Waals surface area contributed by atoms with Gasteiger partial charge in [-0.05, 0) is 19.8 Å². The molecular weight excluding hydrogens is 170 g/mol. The van der Waals surface area contributed by atoms with Gasteiger partial charge >= 0.3 is 0 Å². The first kappa shape index (κ1) is 9.42. The van der Waals surface area contributed by atoms with Crippen LogP contribution in [0, 0.1) is 6.92 Å². The number of aliphatic hydroxyl groups is 1. The van der Waals surface area contributed by atoms with Crippen molar-refractivity contribution < 1.29 is 5.11 Å². The van der Waals surface area contributed by atoms with E-state index in [1.165, 1.54) is 0 Å². The molecule has 0 aliphatic heterocycles. The SMILES string of the molecule is C=CCCC(O)c1csc(C)n1. The molecule has 0 saturated heterocycles. The molecule has 0 bridgehead atoms. The Hall–Kier alpha value is -0.670. The number of aliphatic hydroxyl groups excluding tert-OH is 1. The quantitative estimate of drug-likeness (QED) is 0.727. The minimum atomic E-state index is -0.423. The molecule has 1 aromatic heterocycles. The summed E-state index contributed by atoms with van der Waals surface area (Å²) in [4.78, 5) is 4.20. The summed E-state index contributed by atoms with van der Waals surface area (Å²) < 4.78 is 0. The van der Waals surface area contributed by atoms with Crippen LogP contribution in [0.5, 0.6) is 0 Å². The lowest BCUT2D eigenvalue weighted by Crippen LogP contribution is -1.96. The van der Waals surface area contributed by atoms with Crippen LogP contribution in [0.25, 0.3) is 0 Å². The normalized spacial score (nSPS) is 12.8. The Kier molecular flexibility index (Phi) is 3.44. The van der Waals surface area contributed by atoms with Crippen molar-refractivity contribution in [1.29, 1.82) is 0 Å². The molecule has 3 heteroatoms. The van der Waals surface area contributed by atoms with Crippen LogP contribution in [0.4, 0.5) is 0 Å². The van der Waals surface area contributed by atoms with Gasteiger partial charge in [0.2, 0.25) is 0 Å². The number of hydrogen-bond acceptors (Lipinski definition) is 3. The number of aryl methyl sites for hydroxylation is 1. The molecule has 1 atom stereocenters. The fraction of sp³-hybridized carbons (Fsp3) is 0.444. The van der Waals surface area contributed by atoms with Crippen LogP contribution in [-0.4, -0.2) is 10.1 Å². The van der Waals surface area contributed by atoms with Crippen molar-refractivity contribution >= 4 is 11.3 Å². The first-order valence-corrected chi connectivity index (χ1v) is 4.83. The van der Waals surface area contributed by atoms with Crippen LogP contribution in [0.2, 0.25) is 0 Å². The molecule has 0 amide bonds. The highest BCUT2D eigenvalue weighted by Crippen LogP contribution is 2.19. The highest BCUT2D eigenvalue weighted by atomic mass is 32.1. The molecule has 0 fully saturated rings. The smallest absolute Gasteiger partial charge is 0.0971 e. The molecule has 0 aliphatic carbocycles. The highest BCUT2D eigenvalue weighted by molar-refractivity contribution is 7.09. The van der Waals surface area contributed by atoms with Crippen molar-refractivity contribution in [2.75, 3.05) is 0 Å². The molecule has 2 nitrogen and oxygen atoms in total. The summed E-state index contributed by atoms with van der Waals surface area (Å²) in [7, 11) is 0. The topological polar surface area (TPSA) is 33.1 Å². The maximum absolute atomic E-state index is 9.56. The summed E-state index contributed by atoms with van der Waals surface area (Å²) in [5.41, 5.74) is 0.791. The van der Waals surface area contributed by atoms with E-state index in [-0.39, 0.29) is 0 Å². The lowest BCUT2D eigenvalue weighted by molar-refractivity contribution is 0.164. The molecular formula is C9H13NOS. The van der Waals surface area contributed by atoms with Gasteiger partial charge in [-0.2, -0.15) is 0 Å². The van der Waals surface area contributed by atoms with Crippen molar-refractivity contribution in [2.45, 2.75) is 25.9 Å².